The number of rotatable bonds is 0. The monoisotopic (exact) mass is 171 g/mol. The Bertz CT molecular complexity index is 363. The van der Waals surface area contributed by atoms with Crippen LogP contribution in [-0.2, 0) is 0 Å². The fourth-order valence-corrected chi connectivity index (χ4v) is 3.71. The van der Waals surface area contributed by atoms with Gasteiger partial charge in [-0.05, 0) is 30.9 Å². The second-order valence-corrected chi connectivity index (χ2v) is 4.97. The van der Waals surface area contributed by atoms with Crippen molar-refractivity contribution in [3.05, 3.63) is 35.4 Å². The van der Waals surface area contributed by atoms with Gasteiger partial charge in [0.1, 0.15) is 0 Å². The normalized spacial score (nSPS) is 44.7. The first kappa shape index (κ1) is 6.61. The van der Waals surface area contributed by atoms with E-state index in [9.17, 15) is 0 Å². The summed E-state index contributed by atoms with van der Waals surface area (Å²) < 4.78 is 0. The topological polar surface area (TPSA) is 3.24 Å². The molecule has 2 saturated heterocycles. The number of benzene rings is 1. The fourth-order valence-electron chi connectivity index (χ4n) is 3.71. The molecule has 1 heteroatoms. The van der Waals surface area contributed by atoms with E-state index in [2.05, 4.69) is 36.1 Å². The van der Waals surface area contributed by atoms with Gasteiger partial charge in [0, 0.05) is 17.6 Å². The summed E-state index contributed by atoms with van der Waals surface area (Å²) >= 11 is 0. The highest BCUT2D eigenvalue weighted by molar-refractivity contribution is 5.45. The number of piperidine rings is 1. The molecule has 3 heterocycles. The van der Waals surface area contributed by atoms with Crippen LogP contribution < -0.4 is 0 Å². The van der Waals surface area contributed by atoms with Crippen LogP contribution in [-0.4, -0.2) is 10.4 Å². The van der Waals surface area contributed by atoms with E-state index in [1.807, 2.05) is 0 Å². The zero-order chi connectivity index (χ0) is 8.63. The molecule has 0 amide bonds. The molecule has 4 rings (SSSR count). The van der Waals surface area contributed by atoms with E-state index in [1.165, 1.54) is 12.8 Å². The van der Waals surface area contributed by atoms with Crippen LogP contribution in [0.5, 0.6) is 0 Å². The fraction of sp³-hybridized carbons (Fsp3) is 0.500. The van der Waals surface area contributed by atoms with Crippen LogP contribution in [0.4, 0.5) is 0 Å². The van der Waals surface area contributed by atoms with Gasteiger partial charge in [0.05, 0.1) is 0 Å². The Morgan fingerprint density at radius 2 is 1.69 bits per heavy atom. The lowest BCUT2D eigenvalue weighted by atomic mass is 9.68. The lowest BCUT2D eigenvalue weighted by molar-refractivity contribution is -0.177. The number of hydrogen-bond acceptors (Lipinski definition) is 1. The maximum absolute atomic E-state index is 2.71. The van der Waals surface area contributed by atoms with Crippen LogP contribution in [0.15, 0.2) is 24.3 Å². The smallest absolute Gasteiger partial charge is 0.0380 e. The molecule has 1 aromatic carbocycles. The molecule has 2 atom stereocenters. The first-order valence-electron chi connectivity index (χ1n) is 5.17. The van der Waals surface area contributed by atoms with E-state index in [0.717, 1.165) is 12.1 Å². The summed E-state index contributed by atoms with van der Waals surface area (Å²) in [6.45, 7) is 2.41. The van der Waals surface area contributed by atoms with Crippen molar-refractivity contribution in [3.8, 4) is 0 Å². The van der Waals surface area contributed by atoms with Gasteiger partial charge in [0.15, 0.2) is 0 Å². The van der Waals surface area contributed by atoms with Crippen LogP contribution in [0.1, 0.15) is 43.0 Å². The van der Waals surface area contributed by atoms with E-state index in [0.29, 0.717) is 5.54 Å². The van der Waals surface area contributed by atoms with Crippen molar-refractivity contribution in [1.82, 2.24) is 4.90 Å². The summed E-state index contributed by atoms with van der Waals surface area (Å²) in [5.74, 6) is 0. The molecule has 0 N–H and O–H groups in total. The number of hydrogen-bond donors (Lipinski definition) is 0. The Hall–Kier alpha value is -0.820. The van der Waals surface area contributed by atoms with E-state index in [4.69, 9.17) is 0 Å². The molecule has 2 fully saturated rings. The van der Waals surface area contributed by atoms with Gasteiger partial charge in [-0.25, -0.2) is 0 Å². The van der Waals surface area contributed by atoms with Crippen molar-refractivity contribution in [2.24, 2.45) is 0 Å². The molecular formula is C12H13N. The van der Waals surface area contributed by atoms with Crippen molar-refractivity contribution in [3.63, 3.8) is 0 Å². The maximum atomic E-state index is 2.71. The second kappa shape index (κ2) is 1.69. The molecule has 1 aromatic rings. The summed E-state index contributed by atoms with van der Waals surface area (Å²) in [5, 5.41) is 0. The first-order valence-corrected chi connectivity index (χ1v) is 5.17. The zero-order valence-electron chi connectivity index (χ0n) is 7.83. The van der Waals surface area contributed by atoms with E-state index >= 15 is 0 Å². The van der Waals surface area contributed by atoms with Crippen molar-refractivity contribution in [1.29, 1.82) is 0 Å². The van der Waals surface area contributed by atoms with E-state index in [-0.39, 0.29) is 0 Å². The summed E-state index contributed by atoms with van der Waals surface area (Å²) in [4.78, 5) is 2.71. The summed E-state index contributed by atoms with van der Waals surface area (Å²) in [5.41, 5.74) is 3.80. The van der Waals surface area contributed by atoms with Crippen molar-refractivity contribution in [2.75, 3.05) is 0 Å². The maximum Gasteiger partial charge on any atom is 0.0380 e. The Morgan fingerprint density at radius 3 is 2.15 bits per heavy atom. The SMILES string of the molecule is CC12CC3c4ccccc4C(C1)N32. The summed E-state index contributed by atoms with van der Waals surface area (Å²) in [7, 11) is 0. The van der Waals surface area contributed by atoms with Gasteiger partial charge in [-0.1, -0.05) is 24.3 Å². The molecule has 0 bridgehead atoms. The largest absolute Gasteiger partial charge is 0.284 e. The van der Waals surface area contributed by atoms with Gasteiger partial charge in [0.25, 0.3) is 0 Å². The van der Waals surface area contributed by atoms with Gasteiger partial charge in [-0.15, -0.1) is 0 Å². The Labute approximate surface area is 78.4 Å². The Kier molecular flexibility index (Phi) is 0.859. The standard InChI is InChI=1S/C12H13N/c1-12-6-10-8-4-2-3-5-9(8)11(7-12)13(10)12/h2-5,10-11H,6-7H2,1H3. The molecule has 13 heavy (non-hydrogen) atoms. The van der Waals surface area contributed by atoms with Crippen LogP contribution in [0.25, 0.3) is 0 Å². The zero-order valence-corrected chi connectivity index (χ0v) is 7.83. The quantitative estimate of drug-likeness (QED) is 0.580. The second-order valence-electron chi connectivity index (χ2n) is 4.97. The van der Waals surface area contributed by atoms with Gasteiger partial charge in [0.2, 0.25) is 0 Å². The molecule has 0 aromatic heterocycles. The highest BCUT2D eigenvalue weighted by atomic mass is 15.4. The molecule has 66 valence electrons. The predicted molar refractivity (Wildman–Crippen MR) is 51.4 cm³/mol. The average Bonchev–Trinajstić information content (AvgIpc) is 2.24. The van der Waals surface area contributed by atoms with Gasteiger partial charge < -0.3 is 0 Å². The Morgan fingerprint density at radius 1 is 1.15 bits per heavy atom. The first-order chi connectivity index (χ1) is 6.30. The van der Waals surface area contributed by atoms with Crippen molar-refractivity contribution in [2.45, 2.75) is 37.4 Å². The molecule has 0 aliphatic carbocycles. The molecule has 3 aliphatic heterocycles. The summed E-state index contributed by atoms with van der Waals surface area (Å²) in [6, 6.07) is 10.6. The number of fused-ring (bicyclic) bond motifs is 3. The van der Waals surface area contributed by atoms with Crippen LogP contribution in [0.2, 0.25) is 0 Å². The highest BCUT2D eigenvalue weighted by Gasteiger charge is 2.65. The van der Waals surface area contributed by atoms with Crippen LogP contribution >= 0.6 is 0 Å². The third-order valence-corrected chi connectivity index (χ3v) is 4.28. The van der Waals surface area contributed by atoms with Crippen LogP contribution in [0, 0.1) is 0 Å². The number of nitrogens with zero attached hydrogens (tertiary/aromatic N) is 1. The molecule has 0 saturated carbocycles. The minimum absolute atomic E-state index is 0.578. The van der Waals surface area contributed by atoms with Crippen molar-refractivity contribution >= 4 is 0 Å². The van der Waals surface area contributed by atoms with Crippen LogP contribution in [0.3, 0.4) is 0 Å². The van der Waals surface area contributed by atoms with E-state index in [1.54, 1.807) is 11.1 Å². The third-order valence-electron chi connectivity index (χ3n) is 4.28. The lowest BCUT2D eigenvalue weighted by Crippen LogP contribution is -2.66. The molecule has 2 unspecified atom stereocenters. The predicted octanol–water partition coefficient (Wildman–Crippen LogP) is 2.65. The molecule has 0 radical (unpaired) electrons. The third kappa shape index (κ3) is 0.530. The Balaban J connectivity index is 1.93. The van der Waals surface area contributed by atoms with Gasteiger partial charge in [-0.3, -0.25) is 4.90 Å². The summed E-state index contributed by atoms with van der Waals surface area (Å²) in [6.07, 6.45) is 2.78. The minimum atomic E-state index is 0.578. The van der Waals surface area contributed by atoms with Crippen molar-refractivity contribution < 1.29 is 0 Å². The highest BCUT2D eigenvalue weighted by Crippen LogP contribution is 2.68. The average molecular weight is 171 g/mol. The molecule has 0 spiro atoms. The van der Waals surface area contributed by atoms with Gasteiger partial charge in [-0.2, -0.15) is 0 Å². The molecule has 1 nitrogen and oxygen atoms in total. The minimum Gasteiger partial charge on any atom is -0.284 e. The van der Waals surface area contributed by atoms with Gasteiger partial charge >= 0.3 is 0 Å². The lowest BCUT2D eigenvalue weighted by Gasteiger charge is -2.65. The van der Waals surface area contributed by atoms with E-state index < -0.39 is 0 Å². The molecular weight excluding hydrogens is 158 g/mol. The molecule has 3 aliphatic rings.